The number of hydrogen-bond acceptors (Lipinski definition) is 6. The Labute approximate surface area is 283 Å². The van der Waals surface area contributed by atoms with Crippen LogP contribution in [0.4, 0.5) is 0 Å². The Bertz CT molecular complexity index is 1920. The number of benzene rings is 5. The molecule has 47 heavy (non-hydrogen) atoms. The fourth-order valence-electron chi connectivity index (χ4n) is 6.59. The summed E-state index contributed by atoms with van der Waals surface area (Å²) in [5.74, 6) is 3.94. The molecule has 0 fully saturated rings. The van der Waals surface area contributed by atoms with Crippen LogP contribution in [0.1, 0.15) is 79.1 Å². The SMILES string of the molecule is CCCCC(CC)COc1ccc(-c2nc(SCC(CC)CCCC)nc(-c3ccc4ccc5cccc6ccc3c4c56)n2)c(O)c1. The van der Waals surface area contributed by atoms with E-state index in [4.69, 9.17) is 19.7 Å². The molecule has 0 bridgehead atoms. The van der Waals surface area contributed by atoms with Gasteiger partial charge in [0.05, 0.1) is 12.2 Å². The summed E-state index contributed by atoms with van der Waals surface area (Å²) in [5, 5.41) is 19.2. The molecular formula is C41H47N3O2S. The number of hydrogen-bond donors (Lipinski definition) is 1. The predicted octanol–water partition coefficient (Wildman–Crippen LogP) is 11.7. The second kappa shape index (κ2) is 15.3. The van der Waals surface area contributed by atoms with Crippen LogP contribution in [0, 0.1) is 11.8 Å². The van der Waals surface area contributed by atoms with Gasteiger partial charge in [-0.2, -0.15) is 0 Å². The van der Waals surface area contributed by atoms with Crippen molar-refractivity contribution in [2.75, 3.05) is 12.4 Å². The predicted molar refractivity (Wildman–Crippen MR) is 199 cm³/mol. The van der Waals surface area contributed by atoms with E-state index in [9.17, 15) is 5.11 Å². The smallest absolute Gasteiger partial charge is 0.191 e. The van der Waals surface area contributed by atoms with Crippen molar-refractivity contribution < 1.29 is 9.84 Å². The fourth-order valence-corrected chi connectivity index (χ4v) is 7.67. The monoisotopic (exact) mass is 645 g/mol. The van der Waals surface area contributed by atoms with Gasteiger partial charge in [0.15, 0.2) is 16.8 Å². The van der Waals surface area contributed by atoms with Gasteiger partial charge in [-0.3, -0.25) is 0 Å². The normalized spacial score (nSPS) is 13.1. The zero-order chi connectivity index (χ0) is 32.8. The Balaban J connectivity index is 1.39. The molecule has 0 saturated carbocycles. The van der Waals surface area contributed by atoms with E-state index < -0.39 is 0 Å². The lowest BCUT2D eigenvalue weighted by Gasteiger charge is -2.17. The second-order valence-corrected chi connectivity index (χ2v) is 13.9. The third-order valence-electron chi connectivity index (χ3n) is 9.61. The first-order valence-electron chi connectivity index (χ1n) is 17.5. The maximum atomic E-state index is 11.3. The van der Waals surface area contributed by atoms with Gasteiger partial charge in [0.25, 0.3) is 0 Å². The lowest BCUT2D eigenvalue weighted by molar-refractivity contribution is 0.232. The molecule has 6 rings (SSSR count). The van der Waals surface area contributed by atoms with Crippen LogP contribution < -0.4 is 4.74 Å². The summed E-state index contributed by atoms with van der Waals surface area (Å²) in [7, 11) is 0. The Morgan fingerprint density at radius 3 is 1.98 bits per heavy atom. The molecule has 0 radical (unpaired) electrons. The van der Waals surface area contributed by atoms with Crippen LogP contribution in [0.25, 0.3) is 55.1 Å². The number of nitrogens with zero attached hydrogens (tertiary/aromatic N) is 3. The fraction of sp³-hybridized carbons (Fsp3) is 0.390. The Morgan fingerprint density at radius 1 is 0.681 bits per heavy atom. The third kappa shape index (κ3) is 7.33. The number of unbranched alkanes of at least 4 members (excludes halogenated alkanes) is 2. The molecule has 6 heteroatoms. The van der Waals surface area contributed by atoms with Gasteiger partial charge in [-0.15, -0.1) is 0 Å². The summed E-state index contributed by atoms with van der Waals surface area (Å²) in [6.45, 7) is 9.60. The van der Waals surface area contributed by atoms with Gasteiger partial charge >= 0.3 is 0 Å². The molecule has 0 amide bonds. The molecule has 0 saturated heterocycles. The molecular weight excluding hydrogens is 599 g/mol. The summed E-state index contributed by atoms with van der Waals surface area (Å²) < 4.78 is 6.14. The van der Waals surface area contributed by atoms with Crippen molar-refractivity contribution in [2.45, 2.75) is 84.2 Å². The van der Waals surface area contributed by atoms with E-state index in [-0.39, 0.29) is 5.75 Å². The van der Waals surface area contributed by atoms with Crippen molar-refractivity contribution in [1.29, 1.82) is 0 Å². The second-order valence-electron chi connectivity index (χ2n) is 12.9. The number of aromatic nitrogens is 3. The quantitative estimate of drug-likeness (QED) is 0.0834. The summed E-state index contributed by atoms with van der Waals surface area (Å²) in [4.78, 5) is 15.0. The molecule has 1 heterocycles. The van der Waals surface area contributed by atoms with E-state index in [0.29, 0.717) is 46.6 Å². The third-order valence-corrected chi connectivity index (χ3v) is 10.7. The first-order valence-corrected chi connectivity index (χ1v) is 18.5. The topological polar surface area (TPSA) is 68.1 Å². The molecule has 1 N–H and O–H groups in total. The van der Waals surface area contributed by atoms with Gasteiger partial charge < -0.3 is 9.84 Å². The Kier molecular flexibility index (Phi) is 10.8. The maximum Gasteiger partial charge on any atom is 0.191 e. The van der Waals surface area contributed by atoms with Crippen LogP contribution in [0.5, 0.6) is 11.5 Å². The van der Waals surface area contributed by atoms with Crippen molar-refractivity contribution in [3.05, 3.63) is 72.8 Å². The van der Waals surface area contributed by atoms with Crippen LogP contribution in [0.3, 0.4) is 0 Å². The molecule has 5 nitrogen and oxygen atoms in total. The highest BCUT2D eigenvalue weighted by Gasteiger charge is 2.19. The highest BCUT2D eigenvalue weighted by molar-refractivity contribution is 7.99. The van der Waals surface area contributed by atoms with Gasteiger partial charge in [-0.1, -0.05) is 127 Å². The van der Waals surface area contributed by atoms with Crippen LogP contribution >= 0.6 is 11.8 Å². The van der Waals surface area contributed by atoms with E-state index in [1.165, 1.54) is 59.0 Å². The molecule has 0 spiro atoms. The van der Waals surface area contributed by atoms with E-state index in [0.717, 1.165) is 36.0 Å². The molecule has 5 aromatic carbocycles. The summed E-state index contributed by atoms with van der Waals surface area (Å²) in [6.07, 6.45) is 9.41. The molecule has 2 unspecified atom stereocenters. The molecule has 6 aromatic rings. The summed E-state index contributed by atoms with van der Waals surface area (Å²) >= 11 is 1.70. The number of phenols is 1. The van der Waals surface area contributed by atoms with Gasteiger partial charge in [-0.05, 0) is 75.2 Å². The first kappa shape index (κ1) is 33.0. The number of rotatable bonds is 16. The minimum absolute atomic E-state index is 0.113. The average Bonchev–Trinajstić information content (AvgIpc) is 3.10. The highest BCUT2D eigenvalue weighted by Crippen LogP contribution is 2.40. The molecule has 0 aliphatic carbocycles. The van der Waals surface area contributed by atoms with Crippen LogP contribution in [-0.2, 0) is 0 Å². The summed E-state index contributed by atoms with van der Waals surface area (Å²) in [5.41, 5.74) is 1.55. The molecule has 0 aliphatic heterocycles. The van der Waals surface area contributed by atoms with Gasteiger partial charge in [0.1, 0.15) is 11.5 Å². The number of ether oxygens (including phenoxy) is 1. The van der Waals surface area contributed by atoms with Crippen molar-refractivity contribution in [1.82, 2.24) is 15.0 Å². The van der Waals surface area contributed by atoms with Crippen molar-refractivity contribution in [2.24, 2.45) is 11.8 Å². The Hall–Kier alpha value is -3.90. The first-order chi connectivity index (χ1) is 23.0. The van der Waals surface area contributed by atoms with Crippen LogP contribution in [-0.4, -0.2) is 32.4 Å². The van der Waals surface area contributed by atoms with E-state index in [2.05, 4.69) is 82.3 Å². The molecule has 1 aromatic heterocycles. The standard InChI is InChI=1S/C41H47N3O2S/c1-5-9-12-27(7-3)25-46-32-20-23-35(36(45)24-32)40-42-39(43-41(44-40)47-26-28(8-4)13-10-6-2)34-22-19-31-17-16-29-14-11-15-30-18-21-33(34)38(31)37(29)30/h11,14-24,27-28,45H,5-10,12-13,25-26H2,1-4H3. The number of aromatic hydroxyl groups is 1. The zero-order valence-corrected chi connectivity index (χ0v) is 29.1. The minimum Gasteiger partial charge on any atom is -0.507 e. The van der Waals surface area contributed by atoms with Crippen molar-refractivity contribution in [3.8, 4) is 34.3 Å². The highest BCUT2D eigenvalue weighted by atomic mass is 32.2. The molecule has 0 aliphatic rings. The van der Waals surface area contributed by atoms with Crippen LogP contribution in [0.15, 0.2) is 78.0 Å². The minimum atomic E-state index is 0.113. The lowest BCUT2D eigenvalue weighted by Crippen LogP contribution is -2.11. The Morgan fingerprint density at radius 2 is 1.30 bits per heavy atom. The summed E-state index contributed by atoms with van der Waals surface area (Å²) in [6, 6.07) is 25.1. The van der Waals surface area contributed by atoms with Crippen LogP contribution in [0.2, 0.25) is 0 Å². The number of thioether (sulfide) groups is 1. The zero-order valence-electron chi connectivity index (χ0n) is 28.3. The van der Waals surface area contributed by atoms with E-state index >= 15 is 0 Å². The van der Waals surface area contributed by atoms with Crippen molar-refractivity contribution >= 4 is 44.1 Å². The average molecular weight is 646 g/mol. The lowest BCUT2D eigenvalue weighted by atomic mass is 9.92. The molecule has 2 atom stereocenters. The van der Waals surface area contributed by atoms with Gasteiger partial charge in [0, 0.05) is 17.4 Å². The van der Waals surface area contributed by atoms with E-state index in [1.807, 2.05) is 12.1 Å². The van der Waals surface area contributed by atoms with Gasteiger partial charge in [-0.25, -0.2) is 15.0 Å². The maximum absolute atomic E-state index is 11.3. The molecule has 244 valence electrons. The van der Waals surface area contributed by atoms with Crippen molar-refractivity contribution in [3.63, 3.8) is 0 Å². The van der Waals surface area contributed by atoms with Gasteiger partial charge in [0.2, 0.25) is 0 Å². The largest absolute Gasteiger partial charge is 0.507 e. The van der Waals surface area contributed by atoms with E-state index in [1.54, 1.807) is 17.8 Å². The number of phenolic OH excluding ortho intramolecular Hbond substituents is 1.